The summed E-state index contributed by atoms with van der Waals surface area (Å²) < 4.78 is 32.1. The molecule has 1 aliphatic heterocycles. The fourth-order valence-corrected chi connectivity index (χ4v) is 3.29. The smallest absolute Gasteiger partial charge is 0.308 e. The number of nitrogens with one attached hydrogen (secondary N) is 1. The van der Waals surface area contributed by atoms with E-state index in [2.05, 4.69) is 9.46 Å². The van der Waals surface area contributed by atoms with Gasteiger partial charge >= 0.3 is 5.97 Å². The number of carbonyl (C=O) groups is 1. The summed E-state index contributed by atoms with van der Waals surface area (Å²) in [5.41, 5.74) is 0. The number of rotatable bonds is 5. The zero-order valence-electron chi connectivity index (χ0n) is 10.6. The second-order valence-corrected chi connectivity index (χ2v) is 6.11. The first-order valence-corrected chi connectivity index (χ1v) is 7.30. The predicted molar refractivity (Wildman–Crippen MR) is 64.9 cm³/mol. The lowest BCUT2D eigenvalue weighted by Gasteiger charge is -2.30. The number of nitrogens with zero attached hydrogens (tertiary/aromatic N) is 1. The Bertz CT molecular complexity index is 376. The summed E-state index contributed by atoms with van der Waals surface area (Å²) >= 11 is 0. The Morgan fingerprint density at radius 1 is 1.50 bits per heavy atom. The third kappa shape index (κ3) is 3.91. The predicted octanol–water partition coefficient (Wildman–Crippen LogP) is -0.913. The van der Waals surface area contributed by atoms with Gasteiger partial charge in [0.1, 0.15) is 0 Å². The molecule has 2 N–H and O–H groups in total. The molecule has 1 rings (SSSR count). The normalized spacial score (nSPS) is 20.6. The molecule has 0 radical (unpaired) electrons. The van der Waals surface area contributed by atoms with Crippen LogP contribution in [-0.4, -0.2) is 56.6 Å². The molecule has 0 aromatic heterocycles. The highest BCUT2D eigenvalue weighted by molar-refractivity contribution is 7.87. The van der Waals surface area contributed by atoms with E-state index in [1.54, 1.807) is 6.92 Å². The molecule has 0 aromatic carbocycles. The molecule has 7 nitrogen and oxygen atoms in total. The monoisotopic (exact) mass is 280 g/mol. The molecule has 8 heteroatoms. The Hall–Kier alpha value is -0.700. The number of ether oxygens (including phenoxy) is 1. The average molecular weight is 280 g/mol. The van der Waals surface area contributed by atoms with Crippen molar-refractivity contribution in [3.05, 3.63) is 0 Å². The number of aliphatic hydroxyl groups excluding tert-OH is 1. The van der Waals surface area contributed by atoms with Crippen molar-refractivity contribution < 1.29 is 23.1 Å². The molecule has 18 heavy (non-hydrogen) atoms. The Labute approximate surface area is 107 Å². The maximum Gasteiger partial charge on any atom is 0.308 e. The van der Waals surface area contributed by atoms with Crippen LogP contribution < -0.4 is 4.72 Å². The molecule has 0 aliphatic carbocycles. The third-order valence-corrected chi connectivity index (χ3v) is 4.70. The third-order valence-electron chi connectivity index (χ3n) is 2.95. The molecule has 106 valence electrons. The van der Waals surface area contributed by atoms with Gasteiger partial charge in [0, 0.05) is 19.1 Å². The summed E-state index contributed by atoms with van der Waals surface area (Å²) in [6.07, 6.45) is 0.919. The van der Waals surface area contributed by atoms with E-state index >= 15 is 0 Å². The molecule has 0 unspecified atom stereocenters. The number of hydrogen-bond acceptors (Lipinski definition) is 5. The molecular weight excluding hydrogens is 260 g/mol. The van der Waals surface area contributed by atoms with E-state index in [0.29, 0.717) is 12.8 Å². The Morgan fingerprint density at radius 3 is 2.50 bits per heavy atom. The Kier molecular flexibility index (Phi) is 5.51. The summed E-state index contributed by atoms with van der Waals surface area (Å²) in [5, 5.41) is 8.84. The second kappa shape index (κ2) is 6.46. The molecule has 0 spiro atoms. The van der Waals surface area contributed by atoms with Crippen LogP contribution in [0.25, 0.3) is 0 Å². The van der Waals surface area contributed by atoms with Gasteiger partial charge in [-0.3, -0.25) is 4.79 Å². The van der Waals surface area contributed by atoms with E-state index in [0.717, 1.165) is 0 Å². The van der Waals surface area contributed by atoms with E-state index in [9.17, 15) is 13.2 Å². The van der Waals surface area contributed by atoms with Crippen LogP contribution in [0.1, 0.15) is 19.8 Å². The van der Waals surface area contributed by atoms with Gasteiger partial charge in [0.25, 0.3) is 10.2 Å². The minimum absolute atomic E-state index is 0.225. The highest BCUT2D eigenvalue weighted by Crippen LogP contribution is 2.20. The highest BCUT2D eigenvalue weighted by atomic mass is 32.2. The fourth-order valence-electron chi connectivity index (χ4n) is 1.86. The van der Waals surface area contributed by atoms with Gasteiger partial charge in [0.15, 0.2) is 0 Å². The van der Waals surface area contributed by atoms with Gasteiger partial charge in [-0.1, -0.05) is 0 Å². The number of methoxy groups -OCH3 is 1. The van der Waals surface area contributed by atoms with Gasteiger partial charge in [-0.25, -0.2) is 0 Å². The van der Waals surface area contributed by atoms with E-state index in [1.165, 1.54) is 11.4 Å². The molecule has 1 saturated heterocycles. The molecule has 1 fully saturated rings. The van der Waals surface area contributed by atoms with Crippen LogP contribution in [0.5, 0.6) is 0 Å². The average Bonchev–Trinajstić information content (AvgIpc) is 2.37. The van der Waals surface area contributed by atoms with E-state index in [-0.39, 0.29) is 31.6 Å². The van der Waals surface area contributed by atoms with Gasteiger partial charge in [0.2, 0.25) is 0 Å². The van der Waals surface area contributed by atoms with Crippen molar-refractivity contribution in [3.63, 3.8) is 0 Å². The maximum absolute atomic E-state index is 11.9. The summed E-state index contributed by atoms with van der Waals surface area (Å²) in [6, 6.07) is -0.520. The van der Waals surface area contributed by atoms with Gasteiger partial charge < -0.3 is 9.84 Å². The summed E-state index contributed by atoms with van der Waals surface area (Å²) in [7, 11) is -2.25. The zero-order valence-corrected chi connectivity index (χ0v) is 11.4. The van der Waals surface area contributed by atoms with Crippen molar-refractivity contribution >= 4 is 16.2 Å². The van der Waals surface area contributed by atoms with Crippen LogP contribution in [0, 0.1) is 5.92 Å². The SMILES string of the molecule is COC(=O)C1CCN(S(=O)(=O)N[C@H](C)CO)CC1. The van der Waals surface area contributed by atoms with Gasteiger partial charge in [-0.15, -0.1) is 0 Å². The Balaban J connectivity index is 2.54. The number of aliphatic hydroxyl groups is 1. The largest absolute Gasteiger partial charge is 0.469 e. The van der Waals surface area contributed by atoms with Crippen LogP contribution in [0.3, 0.4) is 0 Å². The van der Waals surface area contributed by atoms with Gasteiger partial charge in [-0.2, -0.15) is 17.4 Å². The van der Waals surface area contributed by atoms with Crippen LogP contribution in [0.4, 0.5) is 0 Å². The molecule has 0 saturated carbocycles. The minimum Gasteiger partial charge on any atom is -0.469 e. The van der Waals surface area contributed by atoms with Crippen molar-refractivity contribution in [2.45, 2.75) is 25.8 Å². The van der Waals surface area contributed by atoms with Gasteiger partial charge in [0.05, 0.1) is 19.6 Å². The lowest BCUT2D eigenvalue weighted by molar-refractivity contribution is -0.146. The van der Waals surface area contributed by atoms with Crippen molar-refractivity contribution in [2.24, 2.45) is 5.92 Å². The van der Waals surface area contributed by atoms with E-state index < -0.39 is 16.3 Å². The molecule has 1 atom stereocenters. The number of piperidine rings is 1. The molecular formula is C10H20N2O5S. The minimum atomic E-state index is -3.58. The van der Waals surface area contributed by atoms with Crippen LogP contribution >= 0.6 is 0 Å². The highest BCUT2D eigenvalue weighted by Gasteiger charge is 2.31. The van der Waals surface area contributed by atoms with Crippen molar-refractivity contribution in [1.29, 1.82) is 0 Å². The quantitative estimate of drug-likeness (QED) is 0.635. The number of hydrogen-bond donors (Lipinski definition) is 2. The van der Waals surface area contributed by atoms with Crippen molar-refractivity contribution in [1.82, 2.24) is 9.03 Å². The zero-order chi connectivity index (χ0) is 13.8. The van der Waals surface area contributed by atoms with Crippen LogP contribution in [-0.2, 0) is 19.7 Å². The number of carbonyl (C=O) groups excluding carboxylic acids is 1. The number of esters is 1. The van der Waals surface area contributed by atoms with Gasteiger partial charge in [-0.05, 0) is 19.8 Å². The van der Waals surface area contributed by atoms with E-state index in [1.807, 2.05) is 0 Å². The first-order chi connectivity index (χ1) is 8.40. The summed E-state index contributed by atoms with van der Waals surface area (Å²) in [4.78, 5) is 11.3. The van der Waals surface area contributed by atoms with Crippen molar-refractivity contribution in [2.75, 3.05) is 26.8 Å². The van der Waals surface area contributed by atoms with Crippen molar-refractivity contribution in [3.8, 4) is 0 Å². The topological polar surface area (TPSA) is 95.9 Å². The molecule has 0 amide bonds. The molecule has 1 heterocycles. The second-order valence-electron chi connectivity index (χ2n) is 4.40. The Morgan fingerprint density at radius 2 is 2.06 bits per heavy atom. The summed E-state index contributed by atoms with van der Waals surface area (Å²) in [6.45, 7) is 1.90. The first-order valence-electron chi connectivity index (χ1n) is 5.86. The standard InChI is InChI=1S/C10H20N2O5S/c1-8(7-13)11-18(15,16)12-5-3-9(4-6-12)10(14)17-2/h8-9,11,13H,3-7H2,1-2H3/t8-/m1/s1. The first kappa shape index (κ1) is 15.4. The molecule has 0 aromatic rings. The lowest BCUT2D eigenvalue weighted by Crippen LogP contribution is -2.49. The lowest BCUT2D eigenvalue weighted by atomic mass is 9.99. The maximum atomic E-state index is 11.9. The van der Waals surface area contributed by atoms with Crippen LogP contribution in [0.15, 0.2) is 0 Å². The summed E-state index contributed by atoms with van der Waals surface area (Å²) in [5.74, 6) is -0.513. The molecule has 0 bridgehead atoms. The molecule has 1 aliphatic rings. The van der Waals surface area contributed by atoms with E-state index in [4.69, 9.17) is 5.11 Å². The van der Waals surface area contributed by atoms with Crippen LogP contribution in [0.2, 0.25) is 0 Å². The fraction of sp³-hybridized carbons (Fsp3) is 0.900.